The first-order valence-electron chi connectivity index (χ1n) is 12.5. The third-order valence-electron chi connectivity index (χ3n) is 7.46. The molecule has 0 saturated carbocycles. The minimum atomic E-state index is 0.143. The molecule has 176 valence electrons. The van der Waals surface area contributed by atoms with Gasteiger partial charge in [-0.3, -0.25) is 9.69 Å². The molecule has 1 aromatic heterocycles. The first-order chi connectivity index (χ1) is 16.1. The molecule has 1 amide bonds. The van der Waals surface area contributed by atoms with E-state index in [0.29, 0.717) is 0 Å². The third-order valence-corrected chi connectivity index (χ3v) is 7.46. The maximum Gasteiger partial charge on any atom is 0.219 e. The van der Waals surface area contributed by atoms with Crippen molar-refractivity contribution >= 4 is 17.4 Å². The molecule has 0 bridgehead atoms. The number of anilines is 2. The van der Waals surface area contributed by atoms with E-state index < -0.39 is 0 Å². The normalized spacial score (nSPS) is 21.2. The highest BCUT2D eigenvalue weighted by atomic mass is 16.2. The van der Waals surface area contributed by atoms with Crippen molar-refractivity contribution in [1.82, 2.24) is 19.8 Å². The number of benzene rings is 1. The molecule has 2 aromatic rings. The van der Waals surface area contributed by atoms with Crippen LogP contribution in [0.3, 0.4) is 0 Å². The smallest absolute Gasteiger partial charge is 0.219 e. The highest BCUT2D eigenvalue weighted by Crippen LogP contribution is 2.30. The number of carbonyl (C=O) groups is 1. The molecule has 1 aromatic carbocycles. The van der Waals surface area contributed by atoms with Crippen LogP contribution in [-0.4, -0.2) is 65.4 Å². The van der Waals surface area contributed by atoms with Gasteiger partial charge in [0, 0.05) is 83.4 Å². The molecule has 3 aliphatic rings. The molecule has 2 fully saturated rings. The maximum absolute atomic E-state index is 11.7. The Hall–Kier alpha value is -2.67. The van der Waals surface area contributed by atoms with Crippen molar-refractivity contribution in [1.29, 1.82) is 0 Å². The number of rotatable bonds is 5. The maximum atomic E-state index is 11.7. The van der Waals surface area contributed by atoms with Crippen LogP contribution in [0.4, 0.5) is 11.5 Å². The van der Waals surface area contributed by atoms with E-state index in [2.05, 4.69) is 39.4 Å². The van der Waals surface area contributed by atoms with E-state index in [-0.39, 0.29) is 11.8 Å². The van der Waals surface area contributed by atoms with Gasteiger partial charge in [0.2, 0.25) is 5.91 Å². The molecule has 0 aliphatic carbocycles. The van der Waals surface area contributed by atoms with Gasteiger partial charge in [-0.2, -0.15) is 0 Å². The largest absolute Gasteiger partial charge is 0.373 e. The summed E-state index contributed by atoms with van der Waals surface area (Å²) < 4.78 is 0. The van der Waals surface area contributed by atoms with E-state index in [1.807, 2.05) is 11.9 Å². The summed E-state index contributed by atoms with van der Waals surface area (Å²) >= 11 is 0. The number of nitrogens with zero attached hydrogens (tertiary/aromatic N) is 5. The van der Waals surface area contributed by atoms with E-state index in [9.17, 15) is 4.79 Å². The van der Waals surface area contributed by atoms with Crippen LogP contribution in [0.1, 0.15) is 61.2 Å². The zero-order chi connectivity index (χ0) is 22.8. The minimum absolute atomic E-state index is 0.143. The molecule has 3 aliphatic heterocycles. The lowest BCUT2D eigenvalue weighted by atomic mass is 10.0. The Morgan fingerprint density at radius 2 is 1.85 bits per heavy atom. The van der Waals surface area contributed by atoms with Crippen molar-refractivity contribution in [3.8, 4) is 0 Å². The first-order valence-corrected chi connectivity index (χ1v) is 12.5. The quantitative estimate of drug-likeness (QED) is 0.756. The van der Waals surface area contributed by atoms with Crippen LogP contribution in [-0.2, 0) is 24.3 Å². The highest BCUT2D eigenvalue weighted by molar-refractivity contribution is 5.73. The second-order valence-electron chi connectivity index (χ2n) is 9.73. The molecule has 1 N–H and O–H groups in total. The molecule has 7 heteroatoms. The fourth-order valence-corrected chi connectivity index (χ4v) is 5.49. The van der Waals surface area contributed by atoms with Gasteiger partial charge in [-0.15, -0.1) is 0 Å². The van der Waals surface area contributed by atoms with Crippen molar-refractivity contribution in [2.75, 3.05) is 50.0 Å². The van der Waals surface area contributed by atoms with Crippen LogP contribution >= 0.6 is 0 Å². The number of amides is 1. The van der Waals surface area contributed by atoms with Crippen LogP contribution in [0, 0.1) is 0 Å². The topological polar surface area (TPSA) is 64.6 Å². The van der Waals surface area contributed by atoms with Crippen molar-refractivity contribution in [3.05, 3.63) is 46.9 Å². The predicted molar refractivity (Wildman–Crippen MR) is 132 cm³/mol. The summed E-state index contributed by atoms with van der Waals surface area (Å²) in [4.78, 5) is 28.5. The standard InChI is InChI=1S/C26H36N6O/c1-19(33)32-15-10-21(17-32)25-28-24-11-14-30(18-23(24)26(27-2)29-25)16-20-6-8-22(9-7-20)31-12-4-3-5-13-31/h6-9,21H,3-5,10-18H2,1-2H3,(H,27,28,29)/t21-/m0/s1. The highest BCUT2D eigenvalue weighted by Gasteiger charge is 2.30. The minimum Gasteiger partial charge on any atom is -0.373 e. The summed E-state index contributed by atoms with van der Waals surface area (Å²) in [6, 6.07) is 9.16. The lowest BCUT2D eigenvalue weighted by Crippen LogP contribution is -2.32. The summed E-state index contributed by atoms with van der Waals surface area (Å²) in [6.45, 7) is 8.37. The van der Waals surface area contributed by atoms with Crippen molar-refractivity contribution in [2.24, 2.45) is 0 Å². The van der Waals surface area contributed by atoms with Crippen LogP contribution in [0.25, 0.3) is 0 Å². The van der Waals surface area contributed by atoms with Crippen LogP contribution < -0.4 is 10.2 Å². The lowest BCUT2D eigenvalue weighted by molar-refractivity contribution is -0.127. The number of carbonyl (C=O) groups excluding carboxylic acids is 1. The number of piperidine rings is 1. The monoisotopic (exact) mass is 448 g/mol. The second-order valence-corrected chi connectivity index (χ2v) is 9.73. The van der Waals surface area contributed by atoms with Gasteiger partial charge in [0.1, 0.15) is 11.6 Å². The Morgan fingerprint density at radius 1 is 1.06 bits per heavy atom. The molecule has 0 spiro atoms. The summed E-state index contributed by atoms with van der Waals surface area (Å²) in [5.41, 5.74) is 5.11. The van der Waals surface area contributed by atoms with Gasteiger partial charge >= 0.3 is 0 Å². The average Bonchev–Trinajstić information content (AvgIpc) is 3.35. The van der Waals surface area contributed by atoms with E-state index in [4.69, 9.17) is 9.97 Å². The van der Waals surface area contributed by atoms with E-state index in [1.54, 1.807) is 6.92 Å². The van der Waals surface area contributed by atoms with Gasteiger partial charge in [-0.05, 0) is 43.4 Å². The number of fused-ring (bicyclic) bond motifs is 1. The summed E-state index contributed by atoms with van der Waals surface area (Å²) in [7, 11) is 1.95. The number of hydrogen-bond acceptors (Lipinski definition) is 6. The molecular formula is C26H36N6O. The van der Waals surface area contributed by atoms with Crippen LogP contribution in [0.5, 0.6) is 0 Å². The molecule has 2 saturated heterocycles. The summed E-state index contributed by atoms with van der Waals surface area (Å²) in [5.74, 6) is 2.22. The molecule has 33 heavy (non-hydrogen) atoms. The van der Waals surface area contributed by atoms with Crippen molar-refractivity contribution < 1.29 is 4.79 Å². The number of hydrogen-bond donors (Lipinski definition) is 1. The first kappa shape index (κ1) is 22.1. The molecule has 1 atom stereocenters. The van der Waals surface area contributed by atoms with Gasteiger partial charge < -0.3 is 15.1 Å². The SMILES string of the molecule is CNc1nc([C@H]2CCN(C(C)=O)C2)nc2c1CN(Cc1ccc(N3CCCCC3)cc1)CC2. The average molecular weight is 449 g/mol. The number of nitrogens with one attached hydrogen (secondary N) is 1. The van der Waals surface area contributed by atoms with Gasteiger partial charge in [-0.1, -0.05) is 12.1 Å². The molecule has 4 heterocycles. The molecular weight excluding hydrogens is 412 g/mol. The molecule has 0 unspecified atom stereocenters. The van der Waals surface area contributed by atoms with Crippen molar-refractivity contribution in [2.45, 2.75) is 58.0 Å². The van der Waals surface area contributed by atoms with E-state index >= 15 is 0 Å². The second kappa shape index (κ2) is 9.67. The molecule has 0 radical (unpaired) electrons. The Morgan fingerprint density at radius 3 is 2.55 bits per heavy atom. The van der Waals surface area contributed by atoms with Gasteiger partial charge in [0.25, 0.3) is 0 Å². The van der Waals surface area contributed by atoms with Gasteiger partial charge in [0.15, 0.2) is 0 Å². The molecule has 5 rings (SSSR count). The Kier molecular flexibility index (Phi) is 6.49. The fourth-order valence-electron chi connectivity index (χ4n) is 5.49. The Balaban J connectivity index is 1.26. The van der Waals surface area contributed by atoms with E-state index in [1.165, 1.54) is 54.9 Å². The van der Waals surface area contributed by atoms with Gasteiger partial charge in [0.05, 0.1) is 5.69 Å². The number of likely N-dealkylation sites (tertiary alicyclic amines) is 1. The van der Waals surface area contributed by atoms with Crippen LogP contribution in [0.2, 0.25) is 0 Å². The Bertz CT molecular complexity index is 968. The molecule has 7 nitrogen and oxygen atoms in total. The van der Waals surface area contributed by atoms with Gasteiger partial charge in [-0.25, -0.2) is 9.97 Å². The summed E-state index contributed by atoms with van der Waals surface area (Å²) in [6.07, 6.45) is 5.86. The van der Waals surface area contributed by atoms with Crippen LogP contribution in [0.15, 0.2) is 24.3 Å². The predicted octanol–water partition coefficient (Wildman–Crippen LogP) is 3.40. The summed E-state index contributed by atoms with van der Waals surface area (Å²) in [5, 5.41) is 3.32. The lowest BCUT2D eigenvalue weighted by Gasteiger charge is -2.31. The number of aromatic nitrogens is 2. The Labute approximate surface area is 197 Å². The van der Waals surface area contributed by atoms with Crippen molar-refractivity contribution in [3.63, 3.8) is 0 Å². The third kappa shape index (κ3) is 4.83. The van der Waals surface area contributed by atoms with E-state index in [0.717, 1.165) is 57.2 Å². The zero-order valence-corrected chi connectivity index (χ0v) is 20.0. The zero-order valence-electron chi connectivity index (χ0n) is 20.0. The fraction of sp³-hybridized carbons (Fsp3) is 0.577.